The largest absolute Gasteiger partial charge is 0.337 e. The molecular formula is C14H21N3O. The minimum Gasteiger partial charge on any atom is -0.337 e. The lowest BCUT2D eigenvalue weighted by Gasteiger charge is -2.20. The second-order valence-electron chi connectivity index (χ2n) is 5.06. The minimum absolute atomic E-state index is 0.128. The molecule has 4 nitrogen and oxygen atoms in total. The Morgan fingerprint density at radius 3 is 2.56 bits per heavy atom. The van der Waals surface area contributed by atoms with Crippen molar-refractivity contribution in [3.8, 4) is 0 Å². The van der Waals surface area contributed by atoms with Gasteiger partial charge in [0.25, 0.3) is 5.91 Å². The van der Waals surface area contributed by atoms with Crippen molar-refractivity contribution in [2.24, 2.45) is 5.73 Å². The Balaban J connectivity index is 2.03. The molecule has 1 atom stereocenters. The Labute approximate surface area is 108 Å². The van der Waals surface area contributed by atoms with E-state index >= 15 is 0 Å². The first-order valence-corrected chi connectivity index (χ1v) is 6.36. The van der Waals surface area contributed by atoms with Gasteiger partial charge in [0, 0.05) is 31.2 Å². The number of carbonyl (C=O) groups is 1. The summed E-state index contributed by atoms with van der Waals surface area (Å²) >= 11 is 0. The maximum atomic E-state index is 12.3. The molecule has 1 amide bonds. The molecule has 0 saturated carbocycles. The van der Waals surface area contributed by atoms with Gasteiger partial charge in [-0.25, -0.2) is 0 Å². The average Bonchev–Trinajstić information content (AvgIpc) is 2.88. The second-order valence-corrected chi connectivity index (χ2v) is 5.06. The van der Waals surface area contributed by atoms with Crippen molar-refractivity contribution in [3.05, 3.63) is 35.4 Å². The van der Waals surface area contributed by atoms with E-state index in [0.717, 1.165) is 30.6 Å². The van der Waals surface area contributed by atoms with E-state index in [-0.39, 0.29) is 5.91 Å². The van der Waals surface area contributed by atoms with E-state index in [1.807, 2.05) is 29.2 Å². The molecule has 1 aliphatic rings. The van der Waals surface area contributed by atoms with Gasteiger partial charge in [0.1, 0.15) is 0 Å². The number of nitrogens with two attached hydrogens (primary N) is 1. The van der Waals surface area contributed by atoms with Crippen molar-refractivity contribution in [2.75, 3.05) is 27.2 Å². The second kappa shape index (κ2) is 5.50. The number of amides is 1. The molecule has 1 aliphatic heterocycles. The lowest BCUT2D eigenvalue weighted by Crippen LogP contribution is -2.34. The zero-order valence-corrected chi connectivity index (χ0v) is 11.1. The molecule has 98 valence electrons. The molecule has 0 aliphatic carbocycles. The number of hydrogen-bond donors (Lipinski definition) is 1. The van der Waals surface area contributed by atoms with E-state index in [2.05, 4.69) is 19.0 Å². The number of likely N-dealkylation sites (N-methyl/N-ethyl adjacent to an activating group) is 1. The van der Waals surface area contributed by atoms with Crippen LogP contribution < -0.4 is 5.73 Å². The highest BCUT2D eigenvalue weighted by Crippen LogP contribution is 2.16. The molecule has 2 rings (SSSR count). The van der Waals surface area contributed by atoms with Gasteiger partial charge in [0.2, 0.25) is 0 Å². The first kappa shape index (κ1) is 13.1. The third-order valence-electron chi connectivity index (χ3n) is 3.62. The maximum absolute atomic E-state index is 12.3. The number of carbonyl (C=O) groups excluding carboxylic acids is 1. The predicted octanol–water partition coefficient (Wildman–Crippen LogP) is 0.921. The Morgan fingerprint density at radius 1 is 1.39 bits per heavy atom. The van der Waals surface area contributed by atoms with E-state index < -0.39 is 0 Å². The van der Waals surface area contributed by atoms with Crippen molar-refractivity contribution >= 4 is 5.91 Å². The van der Waals surface area contributed by atoms with Gasteiger partial charge >= 0.3 is 0 Å². The van der Waals surface area contributed by atoms with Gasteiger partial charge in [-0.05, 0) is 38.2 Å². The number of nitrogens with zero attached hydrogens (tertiary/aromatic N) is 2. The molecule has 0 radical (unpaired) electrons. The molecule has 2 N–H and O–H groups in total. The lowest BCUT2D eigenvalue weighted by molar-refractivity contribution is 0.0783. The SMILES string of the molecule is CN(C)C1CCN(C(=O)c2ccc(CN)cc2)C1. The number of likely N-dealkylation sites (tertiary alicyclic amines) is 1. The van der Waals surface area contributed by atoms with Crippen LogP contribution in [0, 0.1) is 0 Å². The molecule has 4 heteroatoms. The van der Waals surface area contributed by atoms with Crippen LogP contribution in [0.15, 0.2) is 24.3 Å². The molecular weight excluding hydrogens is 226 g/mol. The quantitative estimate of drug-likeness (QED) is 0.864. The molecule has 1 saturated heterocycles. The first-order chi connectivity index (χ1) is 8.61. The van der Waals surface area contributed by atoms with Crippen molar-refractivity contribution in [1.82, 2.24) is 9.80 Å². The highest BCUT2D eigenvalue weighted by Gasteiger charge is 2.27. The molecule has 1 unspecified atom stereocenters. The maximum Gasteiger partial charge on any atom is 0.253 e. The van der Waals surface area contributed by atoms with Gasteiger partial charge in [0.05, 0.1) is 0 Å². The van der Waals surface area contributed by atoms with Crippen LogP contribution in [0.1, 0.15) is 22.3 Å². The third kappa shape index (κ3) is 2.71. The van der Waals surface area contributed by atoms with Crippen molar-refractivity contribution in [1.29, 1.82) is 0 Å². The van der Waals surface area contributed by atoms with Gasteiger partial charge in [0.15, 0.2) is 0 Å². The summed E-state index contributed by atoms with van der Waals surface area (Å²) in [7, 11) is 4.13. The van der Waals surface area contributed by atoms with Crippen molar-refractivity contribution in [3.63, 3.8) is 0 Å². The molecule has 1 heterocycles. The minimum atomic E-state index is 0.128. The smallest absolute Gasteiger partial charge is 0.253 e. The topological polar surface area (TPSA) is 49.6 Å². The molecule has 1 aromatic rings. The van der Waals surface area contributed by atoms with E-state index in [1.54, 1.807) is 0 Å². The van der Waals surface area contributed by atoms with Crippen LogP contribution in [0.4, 0.5) is 0 Å². The van der Waals surface area contributed by atoms with Gasteiger partial charge in [-0.2, -0.15) is 0 Å². The third-order valence-corrected chi connectivity index (χ3v) is 3.62. The van der Waals surface area contributed by atoms with Crippen molar-refractivity contribution in [2.45, 2.75) is 19.0 Å². The Morgan fingerprint density at radius 2 is 2.06 bits per heavy atom. The van der Waals surface area contributed by atoms with Crippen LogP contribution in [-0.2, 0) is 6.54 Å². The standard InChI is InChI=1S/C14H21N3O/c1-16(2)13-7-8-17(10-13)14(18)12-5-3-11(9-15)4-6-12/h3-6,13H,7-10,15H2,1-2H3. The first-order valence-electron chi connectivity index (χ1n) is 6.36. The number of hydrogen-bond acceptors (Lipinski definition) is 3. The highest BCUT2D eigenvalue weighted by molar-refractivity contribution is 5.94. The zero-order chi connectivity index (χ0) is 13.1. The van der Waals surface area contributed by atoms with Crippen LogP contribution >= 0.6 is 0 Å². The predicted molar refractivity (Wildman–Crippen MR) is 72.3 cm³/mol. The van der Waals surface area contributed by atoms with Crippen LogP contribution in [-0.4, -0.2) is 48.9 Å². The summed E-state index contributed by atoms with van der Waals surface area (Å²) in [6, 6.07) is 8.07. The summed E-state index contributed by atoms with van der Waals surface area (Å²) in [5.74, 6) is 0.128. The van der Waals surface area contributed by atoms with E-state index in [1.165, 1.54) is 0 Å². The van der Waals surface area contributed by atoms with Crippen LogP contribution in [0.3, 0.4) is 0 Å². The lowest BCUT2D eigenvalue weighted by atomic mass is 10.1. The summed E-state index contributed by atoms with van der Waals surface area (Å²) in [6.07, 6.45) is 1.06. The number of benzene rings is 1. The summed E-state index contributed by atoms with van der Waals surface area (Å²) in [6.45, 7) is 2.19. The Bertz CT molecular complexity index is 414. The average molecular weight is 247 g/mol. The fourth-order valence-corrected chi connectivity index (χ4v) is 2.31. The fraction of sp³-hybridized carbons (Fsp3) is 0.500. The monoisotopic (exact) mass is 247 g/mol. The van der Waals surface area contributed by atoms with Gasteiger partial charge < -0.3 is 15.5 Å². The summed E-state index contributed by atoms with van der Waals surface area (Å²) < 4.78 is 0. The summed E-state index contributed by atoms with van der Waals surface area (Å²) in [5, 5.41) is 0. The van der Waals surface area contributed by atoms with Crippen LogP contribution in [0.2, 0.25) is 0 Å². The molecule has 1 fully saturated rings. The fourth-order valence-electron chi connectivity index (χ4n) is 2.31. The van der Waals surface area contributed by atoms with Gasteiger partial charge in [-0.3, -0.25) is 4.79 Å². The number of rotatable bonds is 3. The van der Waals surface area contributed by atoms with E-state index in [9.17, 15) is 4.79 Å². The van der Waals surface area contributed by atoms with E-state index in [4.69, 9.17) is 5.73 Å². The normalized spacial score (nSPS) is 19.6. The summed E-state index contributed by atoms with van der Waals surface area (Å²) in [5.41, 5.74) is 7.36. The Kier molecular flexibility index (Phi) is 3.99. The zero-order valence-electron chi connectivity index (χ0n) is 11.1. The highest BCUT2D eigenvalue weighted by atomic mass is 16.2. The van der Waals surface area contributed by atoms with Gasteiger partial charge in [-0.15, -0.1) is 0 Å². The van der Waals surface area contributed by atoms with Gasteiger partial charge in [-0.1, -0.05) is 12.1 Å². The molecule has 1 aromatic carbocycles. The van der Waals surface area contributed by atoms with Crippen molar-refractivity contribution < 1.29 is 4.79 Å². The molecule has 0 bridgehead atoms. The van der Waals surface area contributed by atoms with E-state index in [0.29, 0.717) is 12.6 Å². The molecule has 18 heavy (non-hydrogen) atoms. The molecule has 0 spiro atoms. The van der Waals surface area contributed by atoms with Crippen LogP contribution in [0.5, 0.6) is 0 Å². The Hall–Kier alpha value is -1.39. The molecule has 0 aromatic heterocycles. The summed E-state index contributed by atoms with van der Waals surface area (Å²) in [4.78, 5) is 16.4. The van der Waals surface area contributed by atoms with Crippen LogP contribution in [0.25, 0.3) is 0 Å².